The van der Waals surface area contributed by atoms with Crippen LogP contribution in [-0.2, 0) is 6.42 Å². The summed E-state index contributed by atoms with van der Waals surface area (Å²) in [6, 6.07) is 8.93. The summed E-state index contributed by atoms with van der Waals surface area (Å²) < 4.78 is 0. The van der Waals surface area contributed by atoms with Crippen molar-refractivity contribution >= 4 is 51.8 Å². The standard InChI is InChI=1S/C18H15Cl2NO2S2/c1-9(2)7-15-16(10-3-4-11(19)12(20)8-10)21-17(25-15)13-5-6-14(24-13)18(22)23/h3-6,8-9H,7H2,1-2H3,(H,22,23). The highest BCUT2D eigenvalue weighted by atomic mass is 35.5. The molecule has 2 aromatic heterocycles. The normalized spacial score (nSPS) is 11.2. The molecule has 0 aliphatic carbocycles. The molecular formula is C18H15Cl2NO2S2. The van der Waals surface area contributed by atoms with Crippen molar-refractivity contribution < 1.29 is 9.90 Å². The number of benzene rings is 1. The van der Waals surface area contributed by atoms with Crippen LogP contribution in [0.4, 0.5) is 0 Å². The Hall–Kier alpha value is -1.40. The summed E-state index contributed by atoms with van der Waals surface area (Å²) in [4.78, 5) is 18.2. The molecule has 0 bridgehead atoms. The van der Waals surface area contributed by atoms with Gasteiger partial charge in [-0.25, -0.2) is 9.78 Å². The molecule has 3 nitrogen and oxygen atoms in total. The van der Waals surface area contributed by atoms with Crippen LogP contribution in [0, 0.1) is 5.92 Å². The molecule has 0 saturated carbocycles. The number of carboxylic acids is 1. The molecule has 0 aliphatic rings. The van der Waals surface area contributed by atoms with Gasteiger partial charge in [0.05, 0.1) is 20.6 Å². The molecule has 0 unspecified atom stereocenters. The van der Waals surface area contributed by atoms with Crippen LogP contribution in [0.2, 0.25) is 10.0 Å². The third-order valence-corrected chi connectivity index (χ3v) is 6.57. The van der Waals surface area contributed by atoms with E-state index in [0.717, 1.165) is 32.4 Å². The Morgan fingerprint density at radius 2 is 1.92 bits per heavy atom. The minimum Gasteiger partial charge on any atom is -0.477 e. The van der Waals surface area contributed by atoms with Crippen molar-refractivity contribution in [2.75, 3.05) is 0 Å². The summed E-state index contributed by atoms with van der Waals surface area (Å²) in [6.45, 7) is 4.32. The van der Waals surface area contributed by atoms with Gasteiger partial charge in [-0.3, -0.25) is 0 Å². The lowest BCUT2D eigenvalue weighted by atomic mass is 10.0. The number of carbonyl (C=O) groups is 1. The van der Waals surface area contributed by atoms with E-state index in [9.17, 15) is 4.79 Å². The lowest BCUT2D eigenvalue weighted by molar-refractivity contribution is 0.0702. The lowest BCUT2D eigenvalue weighted by Crippen LogP contribution is -1.93. The first kappa shape index (κ1) is 18.4. The van der Waals surface area contributed by atoms with Crippen LogP contribution >= 0.6 is 45.9 Å². The van der Waals surface area contributed by atoms with E-state index in [0.29, 0.717) is 20.8 Å². The first-order valence-corrected chi connectivity index (χ1v) is 10.0. The number of nitrogens with zero attached hydrogens (tertiary/aromatic N) is 1. The second kappa shape index (κ2) is 7.46. The Labute approximate surface area is 163 Å². The molecule has 130 valence electrons. The van der Waals surface area contributed by atoms with Crippen LogP contribution in [0.5, 0.6) is 0 Å². The van der Waals surface area contributed by atoms with Gasteiger partial charge >= 0.3 is 5.97 Å². The molecule has 0 fully saturated rings. The average Bonchev–Trinajstić information content (AvgIpc) is 3.16. The largest absolute Gasteiger partial charge is 0.477 e. The number of hydrogen-bond donors (Lipinski definition) is 1. The Morgan fingerprint density at radius 1 is 1.16 bits per heavy atom. The molecule has 25 heavy (non-hydrogen) atoms. The van der Waals surface area contributed by atoms with E-state index >= 15 is 0 Å². The van der Waals surface area contributed by atoms with Gasteiger partial charge in [0.2, 0.25) is 0 Å². The van der Waals surface area contributed by atoms with E-state index in [1.54, 1.807) is 23.5 Å². The Kier molecular flexibility index (Phi) is 5.49. The zero-order valence-electron chi connectivity index (χ0n) is 13.5. The van der Waals surface area contributed by atoms with Crippen molar-refractivity contribution in [1.82, 2.24) is 4.98 Å². The van der Waals surface area contributed by atoms with Crippen LogP contribution in [0.25, 0.3) is 21.1 Å². The number of halogens is 2. The summed E-state index contributed by atoms with van der Waals surface area (Å²) >= 11 is 15.0. The van der Waals surface area contributed by atoms with Crippen molar-refractivity contribution in [3.63, 3.8) is 0 Å². The summed E-state index contributed by atoms with van der Waals surface area (Å²) in [5.74, 6) is -0.437. The molecule has 0 atom stereocenters. The minimum absolute atomic E-state index is 0.312. The van der Waals surface area contributed by atoms with Crippen LogP contribution < -0.4 is 0 Å². The lowest BCUT2D eigenvalue weighted by Gasteiger charge is -2.06. The number of aromatic nitrogens is 1. The van der Waals surface area contributed by atoms with Crippen molar-refractivity contribution in [2.45, 2.75) is 20.3 Å². The maximum atomic E-state index is 11.1. The third kappa shape index (κ3) is 4.06. The van der Waals surface area contributed by atoms with E-state index in [1.807, 2.05) is 18.2 Å². The number of carboxylic acid groups (broad SMARTS) is 1. The fourth-order valence-electron chi connectivity index (χ4n) is 2.40. The van der Waals surface area contributed by atoms with Gasteiger partial charge in [-0.05, 0) is 36.6 Å². The summed E-state index contributed by atoms with van der Waals surface area (Å²) in [6.07, 6.45) is 0.893. The van der Waals surface area contributed by atoms with Crippen molar-refractivity contribution in [2.24, 2.45) is 5.92 Å². The molecule has 2 heterocycles. The van der Waals surface area contributed by atoms with Crippen LogP contribution in [0.3, 0.4) is 0 Å². The van der Waals surface area contributed by atoms with Gasteiger partial charge < -0.3 is 5.11 Å². The molecule has 0 radical (unpaired) electrons. The first-order chi connectivity index (χ1) is 11.8. The van der Waals surface area contributed by atoms with E-state index in [-0.39, 0.29) is 0 Å². The number of aromatic carboxylic acids is 1. The fourth-order valence-corrected chi connectivity index (χ4v) is 4.90. The molecule has 0 saturated heterocycles. The molecular weight excluding hydrogens is 397 g/mol. The number of hydrogen-bond acceptors (Lipinski definition) is 4. The van der Waals surface area contributed by atoms with Crippen molar-refractivity contribution in [3.05, 3.63) is 50.1 Å². The number of thiophene rings is 1. The van der Waals surface area contributed by atoms with E-state index in [2.05, 4.69) is 13.8 Å². The zero-order chi connectivity index (χ0) is 18.1. The summed E-state index contributed by atoms with van der Waals surface area (Å²) in [5.41, 5.74) is 1.81. The second-order valence-electron chi connectivity index (χ2n) is 5.99. The van der Waals surface area contributed by atoms with Gasteiger partial charge in [-0.1, -0.05) is 43.1 Å². The molecule has 1 N–H and O–H groups in total. The van der Waals surface area contributed by atoms with Gasteiger partial charge in [0.25, 0.3) is 0 Å². The van der Waals surface area contributed by atoms with Gasteiger partial charge in [0, 0.05) is 10.4 Å². The quantitative estimate of drug-likeness (QED) is 0.505. The molecule has 3 rings (SSSR count). The van der Waals surface area contributed by atoms with E-state index in [1.165, 1.54) is 11.3 Å². The number of thiazole rings is 1. The molecule has 0 spiro atoms. The SMILES string of the molecule is CC(C)Cc1sc(-c2ccc(C(=O)O)s2)nc1-c1ccc(Cl)c(Cl)c1. The number of rotatable bonds is 5. The first-order valence-electron chi connectivity index (χ1n) is 7.63. The van der Waals surface area contributed by atoms with Gasteiger partial charge in [0.15, 0.2) is 0 Å². The molecule has 0 aliphatic heterocycles. The maximum absolute atomic E-state index is 11.1. The van der Waals surface area contributed by atoms with Crippen LogP contribution in [0.15, 0.2) is 30.3 Å². The monoisotopic (exact) mass is 411 g/mol. The fraction of sp³-hybridized carbons (Fsp3) is 0.222. The molecule has 1 aromatic carbocycles. The van der Waals surface area contributed by atoms with Gasteiger partial charge in [-0.2, -0.15) is 0 Å². The maximum Gasteiger partial charge on any atom is 0.345 e. The van der Waals surface area contributed by atoms with Gasteiger partial charge in [-0.15, -0.1) is 22.7 Å². The Balaban J connectivity index is 2.08. The van der Waals surface area contributed by atoms with Crippen molar-refractivity contribution in [3.8, 4) is 21.1 Å². The highest BCUT2D eigenvalue weighted by Gasteiger charge is 2.18. The highest BCUT2D eigenvalue weighted by Crippen LogP contribution is 2.39. The molecule has 7 heteroatoms. The molecule has 3 aromatic rings. The zero-order valence-corrected chi connectivity index (χ0v) is 16.7. The van der Waals surface area contributed by atoms with Crippen LogP contribution in [0.1, 0.15) is 28.4 Å². The topological polar surface area (TPSA) is 50.2 Å². The average molecular weight is 412 g/mol. The van der Waals surface area contributed by atoms with E-state index < -0.39 is 5.97 Å². The van der Waals surface area contributed by atoms with E-state index in [4.69, 9.17) is 33.3 Å². The minimum atomic E-state index is -0.917. The predicted molar refractivity (Wildman–Crippen MR) is 106 cm³/mol. The predicted octanol–water partition coefficient (Wildman–Crippen LogP) is 6.74. The summed E-state index contributed by atoms with van der Waals surface area (Å²) in [5, 5.41) is 11.0. The summed E-state index contributed by atoms with van der Waals surface area (Å²) in [7, 11) is 0. The molecule has 0 amide bonds. The second-order valence-corrected chi connectivity index (χ2v) is 8.97. The Bertz CT molecular complexity index is 931. The van der Waals surface area contributed by atoms with Gasteiger partial charge in [0.1, 0.15) is 9.88 Å². The smallest absolute Gasteiger partial charge is 0.345 e. The third-order valence-electron chi connectivity index (χ3n) is 3.51. The Morgan fingerprint density at radius 3 is 2.52 bits per heavy atom. The van der Waals surface area contributed by atoms with Crippen molar-refractivity contribution in [1.29, 1.82) is 0 Å². The highest BCUT2D eigenvalue weighted by molar-refractivity contribution is 7.22. The van der Waals surface area contributed by atoms with Crippen LogP contribution in [-0.4, -0.2) is 16.1 Å².